The summed E-state index contributed by atoms with van der Waals surface area (Å²) in [6, 6.07) is 12.3. The van der Waals surface area contributed by atoms with E-state index in [9.17, 15) is 0 Å². The lowest BCUT2D eigenvalue weighted by molar-refractivity contribution is 0.318. The molecule has 21 heavy (non-hydrogen) atoms. The van der Waals surface area contributed by atoms with Crippen molar-refractivity contribution in [1.82, 2.24) is 4.57 Å². The molecule has 5 heteroatoms. The average Bonchev–Trinajstić information content (AvgIpc) is 3.13. The lowest BCUT2D eigenvalue weighted by Gasteiger charge is -2.04. The highest BCUT2D eigenvalue weighted by molar-refractivity contribution is 7.11. The van der Waals surface area contributed by atoms with Crippen molar-refractivity contribution >= 4 is 28.1 Å². The molecule has 2 heterocycles. The minimum absolute atomic E-state index is 0.135. The number of oxime groups is 1. The molecule has 0 bridgehead atoms. The SMILES string of the molecule is CCc1ccc(Cn2ccc3cc(/C(N)=N/O)ccc32)s1. The lowest BCUT2D eigenvalue weighted by Crippen LogP contribution is -2.12. The Morgan fingerprint density at radius 1 is 1.24 bits per heavy atom. The maximum absolute atomic E-state index is 8.75. The number of nitrogens with two attached hydrogens (primary N) is 1. The van der Waals surface area contributed by atoms with Crippen LogP contribution >= 0.6 is 11.3 Å². The Bertz CT molecular complexity index is 801. The monoisotopic (exact) mass is 299 g/mol. The predicted octanol–water partition coefficient (Wildman–Crippen LogP) is 3.41. The van der Waals surface area contributed by atoms with Crippen LogP contribution in [0.3, 0.4) is 0 Å². The number of hydrogen-bond donors (Lipinski definition) is 2. The summed E-state index contributed by atoms with van der Waals surface area (Å²) in [5.74, 6) is 0.135. The fourth-order valence-corrected chi connectivity index (χ4v) is 3.38. The molecule has 108 valence electrons. The van der Waals surface area contributed by atoms with E-state index in [1.807, 2.05) is 29.5 Å². The van der Waals surface area contributed by atoms with Crippen molar-refractivity contribution in [3.05, 3.63) is 57.9 Å². The third kappa shape index (κ3) is 2.64. The lowest BCUT2D eigenvalue weighted by atomic mass is 10.1. The number of aromatic nitrogens is 1. The van der Waals surface area contributed by atoms with Crippen molar-refractivity contribution in [2.24, 2.45) is 10.9 Å². The topological polar surface area (TPSA) is 63.5 Å². The van der Waals surface area contributed by atoms with Gasteiger partial charge in [0.1, 0.15) is 0 Å². The van der Waals surface area contributed by atoms with E-state index in [0.29, 0.717) is 0 Å². The second-order valence-corrected chi connectivity index (χ2v) is 6.18. The van der Waals surface area contributed by atoms with Crippen LogP contribution in [0, 0.1) is 0 Å². The van der Waals surface area contributed by atoms with Gasteiger partial charge in [0.05, 0.1) is 6.54 Å². The van der Waals surface area contributed by atoms with E-state index in [4.69, 9.17) is 10.9 Å². The minimum Gasteiger partial charge on any atom is -0.409 e. The first-order valence-corrected chi connectivity index (χ1v) is 7.67. The maximum Gasteiger partial charge on any atom is 0.170 e. The van der Waals surface area contributed by atoms with Crippen LogP contribution < -0.4 is 5.73 Å². The highest BCUT2D eigenvalue weighted by atomic mass is 32.1. The van der Waals surface area contributed by atoms with Crippen LogP contribution in [0.25, 0.3) is 10.9 Å². The number of benzene rings is 1. The van der Waals surface area contributed by atoms with Crippen molar-refractivity contribution in [3.63, 3.8) is 0 Å². The van der Waals surface area contributed by atoms with Crippen molar-refractivity contribution in [2.45, 2.75) is 19.9 Å². The Balaban J connectivity index is 1.93. The van der Waals surface area contributed by atoms with Gasteiger partial charge in [-0.15, -0.1) is 11.3 Å². The molecule has 0 spiro atoms. The molecule has 0 unspecified atom stereocenters. The van der Waals surface area contributed by atoms with Crippen LogP contribution in [0.15, 0.2) is 47.8 Å². The molecule has 1 aromatic carbocycles. The normalized spacial score (nSPS) is 12.1. The zero-order chi connectivity index (χ0) is 14.8. The smallest absolute Gasteiger partial charge is 0.170 e. The van der Waals surface area contributed by atoms with Gasteiger partial charge in [-0.2, -0.15) is 0 Å². The predicted molar refractivity (Wildman–Crippen MR) is 87.2 cm³/mol. The van der Waals surface area contributed by atoms with Gasteiger partial charge in [-0.25, -0.2) is 0 Å². The van der Waals surface area contributed by atoms with Gasteiger partial charge in [0.15, 0.2) is 5.84 Å². The first kappa shape index (κ1) is 13.7. The van der Waals surface area contributed by atoms with E-state index in [2.05, 4.69) is 41.0 Å². The van der Waals surface area contributed by atoms with Crippen LogP contribution in [-0.2, 0) is 13.0 Å². The summed E-state index contributed by atoms with van der Waals surface area (Å²) >= 11 is 1.86. The maximum atomic E-state index is 8.75. The standard InChI is InChI=1S/C16H17N3OS/c1-2-13-4-5-14(21-13)10-19-8-7-11-9-12(16(17)18-20)3-6-15(11)19/h3-9,20H,2,10H2,1H3,(H2,17,18). The molecule has 0 fully saturated rings. The molecule has 4 nitrogen and oxygen atoms in total. The van der Waals surface area contributed by atoms with Gasteiger partial charge in [0.2, 0.25) is 0 Å². The van der Waals surface area contributed by atoms with Gasteiger partial charge in [0.25, 0.3) is 0 Å². The number of fused-ring (bicyclic) bond motifs is 1. The highest BCUT2D eigenvalue weighted by Gasteiger charge is 2.06. The fraction of sp³-hybridized carbons (Fsp3) is 0.188. The Morgan fingerprint density at radius 2 is 2.05 bits per heavy atom. The van der Waals surface area contributed by atoms with Crippen LogP contribution in [0.2, 0.25) is 0 Å². The number of aryl methyl sites for hydroxylation is 1. The van der Waals surface area contributed by atoms with E-state index in [1.54, 1.807) is 0 Å². The molecule has 0 aliphatic heterocycles. The van der Waals surface area contributed by atoms with Crippen LogP contribution in [0.5, 0.6) is 0 Å². The van der Waals surface area contributed by atoms with Crippen molar-refractivity contribution in [2.75, 3.05) is 0 Å². The first-order valence-electron chi connectivity index (χ1n) is 6.85. The molecular weight excluding hydrogens is 282 g/mol. The number of amidine groups is 1. The van der Waals surface area contributed by atoms with Crippen LogP contribution in [0.4, 0.5) is 0 Å². The summed E-state index contributed by atoms with van der Waals surface area (Å²) in [7, 11) is 0. The molecule has 0 aliphatic rings. The van der Waals surface area contributed by atoms with Gasteiger partial charge >= 0.3 is 0 Å². The van der Waals surface area contributed by atoms with E-state index < -0.39 is 0 Å². The Kier molecular flexibility index (Phi) is 3.66. The van der Waals surface area contributed by atoms with Crippen molar-refractivity contribution in [3.8, 4) is 0 Å². The number of hydrogen-bond acceptors (Lipinski definition) is 3. The number of nitrogens with zero attached hydrogens (tertiary/aromatic N) is 2. The molecule has 3 N–H and O–H groups in total. The Labute approximate surface area is 127 Å². The molecular formula is C16H17N3OS. The van der Waals surface area contributed by atoms with E-state index >= 15 is 0 Å². The zero-order valence-corrected chi connectivity index (χ0v) is 12.6. The average molecular weight is 299 g/mol. The summed E-state index contributed by atoms with van der Waals surface area (Å²) in [6.45, 7) is 3.05. The summed E-state index contributed by atoms with van der Waals surface area (Å²) in [5.41, 5.74) is 7.51. The summed E-state index contributed by atoms with van der Waals surface area (Å²) in [5, 5.41) is 12.9. The molecule has 2 aromatic heterocycles. The van der Waals surface area contributed by atoms with Gasteiger partial charge in [0, 0.05) is 32.4 Å². The Hall–Kier alpha value is -2.27. The van der Waals surface area contributed by atoms with Crippen LogP contribution in [0.1, 0.15) is 22.2 Å². The third-order valence-electron chi connectivity index (χ3n) is 3.57. The summed E-state index contributed by atoms with van der Waals surface area (Å²) in [4.78, 5) is 2.76. The van der Waals surface area contributed by atoms with Gasteiger partial charge in [-0.05, 0) is 42.8 Å². The number of rotatable bonds is 4. The summed E-state index contributed by atoms with van der Waals surface area (Å²) in [6.07, 6.45) is 3.16. The van der Waals surface area contributed by atoms with Gasteiger partial charge in [-0.3, -0.25) is 0 Å². The highest BCUT2D eigenvalue weighted by Crippen LogP contribution is 2.22. The van der Waals surface area contributed by atoms with Crippen molar-refractivity contribution in [1.29, 1.82) is 0 Å². The van der Waals surface area contributed by atoms with Gasteiger partial charge in [-0.1, -0.05) is 12.1 Å². The molecule has 0 saturated carbocycles. The molecule has 0 aliphatic carbocycles. The third-order valence-corrected chi connectivity index (χ3v) is 4.78. The number of thiophene rings is 1. The first-order chi connectivity index (χ1) is 10.2. The van der Waals surface area contributed by atoms with Crippen molar-refractivity contribution < 1.29 is 5.21 Å². The molecule has 0 saturated heterocycles. The summed E-state index contributed by atoms with van der Waals surface area (Å²) < 4.78 is 2.22. The zero-order valence-electron chi connectivity index (χ0n) is 11.8. The molecule has 3 rings (SSSR count). The van der Waals surface area contributed by atoms with E-state index in [1.165, 1.54) is 9.75 Å². The van der Waals surface area contributed by atoms with E-state index in [-0.39, 0.29) is 5.84 Å². The Morgan fingerprint density at radius 3 is 2.76 bits per heavy atom. The largest absolute Gasteiger partial charge is 0.409 e. The molecule has 3 aromatic rings. The second kappa shape index (κ2) is 5.61. The minimum atomic E-state index is 0.135. The van der Waals surface area contributed by atoms with Crippen LogP contribution in [-0.4, -0.2) is 15.6 Å². The second-order valence-electron chi connectivity index (χ2n) is 4.92. The molecule has 0 amide bonds. The molecule has 0 radical (unpaired) electrons. The van der Waals surface area contributed by atoms with Gasteiger partial charge < -0.3 is 15.5 Å². The molecule has 0 atom stereocenters. The van der Waals surface area contributed by atoms with E-state index in [0.717, 1.165) is 29.4 Å². The fourth-order valence-electron chi connectivity index (χ4n) is 2.42. The quantitative estimate of drug-likeness (QED) is 0.335.